The molecule has 0 bridgehead atoms. The highest BCUT2D eigenvalue weighted by molar-refractivity contribution is 6.30. The van der Waals surface area contributed by atoms with E-state index in [9.17, 15) is 4.79 Å². The van der Waals surface area contributed by atoms with E-state index in [1.807, 2.05) is 19.1 Å². The van der Waals surface area contributed by atoms with Crippen LogP contribution in [0.1, 0.15) is 21.5 Å². The highest BCUT2D eigenvalue weighted by atomic mass is 35.5. The van der Waals surface area contributed by atoms with Crippen LogP contribution in [0.15, 0.2) is 42.5 Å². The molecule has 106 valence electrons. The summed E-state index contributed by atoms with van der Waals surface area (Å²) in [4.78, 5) is 12.2. The lowest BCUT2D eigenvalue weighted by Crippen LogP contribution is -2.12. The Bertz CT molecular complexity index is 712. The summed E-state index contributed by atoms with van der Waals surface area (Å²) in [5.74, 6) is 5.48. The molecule has 2 aromatic rings. The van der Waals surface area contributed by atoms with Gasteiger partial charge in [-0.25, -0.2) is 0 Å². The van der Waals surface area contributed by atoms with E-state index in [4.69, 9.17) is 17.3 Å². The number of aryl methyl sites for hydroxylation is 1. The molecular weight excluding hydrogens is 284 g/mol. The summed E-state index contributed by atoms with van der Waals surface area (Å²) in [5, 5.41) is 3.40. The van der Waals surface area contributed by atoms with Gasteiger partial charge in [0.1, 0.15) is 0 Å². The lowest BCUT2D eigenvalue weighted by atomic mass is 10.1. The van der Waals surface area contributed by atoms with E-state index >= 15 is 0 Å². The Balaban J connectivity index is 2.26. The molecule has 21 heavy (non-hydrogen) atoms. The maximum Gasteiger partial charge on any atom is 0.255 e. The van der Waals surface area contributed by atoms with Gasteiger partial charge in [0.2, 0.25) is 0 Å². The summed E-state index contributed by atoms with van der Waals surface area (Å²) in [6.07, 6.45) is 0. The van der Waals surface area contributed by atoms with Crippen molar-refractivity contribution in [3.63, 3.8) is 0 Å². The highest BCUT2D eigenvalue weighted by Crippen LogP contribution is 2.20. The molecule has 0 saturated carbocycles. The molecule has 0 atom stereocenters. The van der Waals surface area contributed by atoms with Crippen LogP contribution in [0.2, 0.25) is 5.02 Å². The maximum atomic E-state index is 12.2. The molecule has 0 spiro atoms. The van der Waals surface area contributed by atoms with E-state index in [1.54, 1.807) is 30.3 Å². The molecule has 0 aliphatic heterocycles. The van der Waals surface area contributed by atoms with Gasteiger partial charge in [-0.15, -0.1) is 0 Å². The number of amides is 1. The topological polar surface area (TPSA) is 55.1 Å². The third kappa shape index (κ3) is 4.09. The summed E-state index contributed by atoms with van der Waals surface area (Å²) in [5.41, 5.74) is 8.34. The predicted octanol–water partition coefficient (Wildman–Crippen LogP) is 3.21. The highest BCUT2D eigenvalue weighted by Gasteiger charge is 2.08. The van der Waals surface area contributed by atoms with Gasteiger partial charge in [0.15, 0.2) is 0 Å². The van der Waals surface area contributed by atoms with Gasteiger partial charge in [-0.2, -0.15) is 0 Å². The maximum absolute atomic E-state index is 12.2. The Kier molecular flexibility index (Phi) is 4.99. The number of nitrogens with two attached hydrogens (primary N) is 1. The van der Waals surface area contributed by atoms with Gasteiger partial charge in [-0.05, 0) is 37.3 Å². The summed E-state index contributed by atoms with van der Waals surface area (Å²) >= 11 is 5.95. The Morgan fingerprint density at radius 1 is 1.24 bits per heavy atom. The van der Waals surface area contributed by atoms with Gasteiger partial charge < -0.3 is 11.1 Å². The molecule has 2 rings (SSSR count). The third-order valence-corrected chi connectivity index (χ3v) is 3.10. The molecule has 3 N–H and O–H groups in total. The number of hydrogen-bond donors (Lipinski definition) is 2. The van der Waals surface area contributed by atoms with Crippen LogP contribution in [0.3, 0.4) is 0 Å². The van der Waals surface area contributed by atoms with Gasteiger partial charge in [-0.1, -0.05) is 41.1 Å². The number of carbonyl (C=O) groups is 1. The summed E-state index contributed by atoms with van der Waals surface area (Å²) in [7, 11) is 0. The first kappa shape index (κ1) is 15.1. The fourth-order valence-electron chi connectivity index (χ4n) is 1.77. The largest absolute Gasteiger partial charge is 0.321 e. The van der Waals surface area contributed by atoms with Crippen LogP contribution in [0.4, 0.5) is 5.69 Å². The van der Waals surface area contributed by atoms with Gasteiger partial charge >= 0.3 is 0 Å². The zero-order valence-corrected chi connectivity index (χ0v) is 12.4. The average molecular weight is 299 g/mol. The van der Waals surface area contributed by atoms with Crippen LogP contribution in [0.25, 0.3) is 0 Å². The standard InChI is InChI=1S/C17H15ClN2O/c1-12-4-6-13(7-5-12)17(21)20-16-9-8-15(18)11-14(16)3-2-10-19/h4-9,11H,10,19H2,1H3,(H,20,21). The molecule has 3 nitrogen and oxygen atoms in total. The molecule has 4 heteroatoms. The van der Waals surface area contributed by atoms with Crippen molar-refractivity contribution in [1.82, 2.24) is 0 Å². The number of carbonyl (C=O) groups excluding carboxylic acids is 1. The van der Waals surface area contributed by atoms with Crippen LogP contribution < -0.4 is 11.1 Å². The summed E-state index contributed by atoms with van der Waals surface area (Å²) < 4.78 is 0. The first-order valence-electron chi connectivity index (χ1n) is 6.46. The third-order valence-electron chi connectivity index (χ3n) is 2.87. The summed E-state index contributed by atoms with van der Waals surface area (Å²) in [6, 6.07) is 12.5. The van der Waals surface area contributed by atoms with Crippen molar-refractivity contribution in [2.24, 2.45) is 5.73 Å². The van der Waals surface area contributed by atoms with Gasteiger partial charge in [0.05, 0.1) is 12.2 Å². The van der Waals surface area contributed by atoms with Crippen LogP contribution in [0, 0.1) is 18.8 Å². The number of rotatable bonds is 2. The molecule has 0 saturated heterocycles. The number of halogens is 1. The zero-order chi connectivity index (χ0) is 15.2. The van der Waals surface area contributed by atoms with E-state index in [-0.39, 0.29) is 12.5 Å². The molecule has 0 unspecified atom stereocenters. The fraction of sp³-hybridized carbons (Fsp3) is 0.118. The number of benzene rings is 2. The quantitative estimate of drug-likeness (QED) is 0.837. The van der Waals surface area contributed by atoms with E-state index < -0.39 is 0 Å². The van der Waals surface area contributed by atoms with Gasteiger partial charge in [-0.3, -0.25) is 4.79 Å². The summed E-state index contributed by atoms with van der Waals surface area (Å²) in [6.45, 7) is 2.22. The molecule has 0 heterocycles. The van der Waals surface area contributed by atoms with Crippen LogP contribution in [-0.4, -0.2) is 12.5 Å². The Morgan fingerprint density at radius 3 is 2.62 bits per heavy atom. The number of hydrogen-bond acceptors (Lipinski definition) is 2. The van der Waals surface area contributed by atoms with Crippen molar-refractivity contribution in [3.05, 3.63) is 64.2 Å². The Hall–Kier alpha value is -2.28. The molecule has 0 aliphatic carbocycles. The van der Waals surface area contributed by atoms with Crippen LogP contribution in [-0.2, 0) is 0 Å². The van der Waals surface area contributed by atoms with Crippen molar-refractivity contribution in [1.29, 1.82) is 0 Å². The molecule has 0 aliphatic rings. The zero-order valence-electron chi connectivity index (χ0n) is 11.6. The Labute approximate surface area is 129 Å². The minimum absolute atomic E-state index is 0.187. The fourth-order valence-corrected chi connectivity index (χ4v) is 1.95. The second-order valence-electron chi connectivity index (χ2n) is 4.52. The predicted molar refractivity (Wildman–Crippen MR) is 86.5 cm³/mol. The Morgan fingerprint density at radius 2 is 1.95 bits per heavy atom. The number of nitrogens with one attached hydrogen (secondary N) is 1. The van der Waals surface area contributed by atoms with Gasteiger partial charge in [0.25, 0.3) is 5.91 Å². The SMILES string of the molecule is Cc1ccc(C(=O)Nc2ccc(Cl)cc2C#CCN)cc1. The van der Waals surface area contributed by atoms with E-state index in [1.165, 1.54) is 0 Å². The van der Waals surface area contributed by atoms with Crippen molar-refractivity contribution in [2.45, 2.75) is 6.92 Å². The molecule has 2 aromatic carbocycles. The monoisotopic (exact) mass is 298 g/mol. The van der Waals surface area contributed by atoms with Crippen molar-refractivity contribution < 1.29 is 4.79 Å². The van der Waals surface area contributed by atoms with Crippen molar-refractivity contribution in [3.8, 4) is 11.8 Å². The van der Waals surface area contributed by atoms with Crippen LogP contribution in [0.5, 0.6) is 0 Å². The lowest BCUT2D eigenvalue weighted by molar-refractivity contribution is 0.102. The van der Waals surface area contributed by atoms with E-state index in [0.29, 0.717) is 21.8 Å². The van der Waals surface area contributed by atoms with E-state index in [0.717, 1.165) is 5.56 Å². The molecular formula is C17H15ClN2O. The van der Waals surface area contributed by atoms with Crippen molar-refractivity contribution >= 4 is 23.2 Å². The average Bonchev–Trinajstić information content (AvgIpc) is 2.48. The molecule has 1 amide bonds. The minimum atomic E-state index is -0.187. The lowest BCUT2D eigenvalue weighted by Gasteiger charge is -2.08. The molecule has 0 fully saturated rings. The van der Waals surface area contributed by atoms with Crippen molar-refractivity contribution in [2.75, 3.05) is 11.9 Å². The molecule has 0 aromatic heterocycles. The smallest absolute Gasteiger partial charge is 0.255 e. The van der Waals surface area contributed by atoms with E-state index in [2.05, 4.69) is 17.2 Å². The minimum Gasteiger partial charge on any atom is -0.321 e. The normalized spacial score (nSPS) is 9.67. The first-order valence-corrected chi connectivity index (χ1v) is 6.84. The second kappa shape index (κ2) is 6.94. The number of anilines is 1. The van der Waals surface area contributed by atoms with Crippen LogP contribution >= 0.6 is 11.6 Å². The first-order chi connectivity index (χ1) is 10.1. The second-order valence-corrected chi connectivity index (χ2v) is 4.95. The molecule has 0 radical (unpaired) electrons. The van der Waals surface area contributed by atoms with Gasteiger partial charge in [0, 0.05) is 16.1 Å².